The minimum absolute atomic E-state index is 0.0531. The van der Waals surface area contributed by atoms with Gasteiger partial charge in [0, 0.05) is 6.42 Å². The van der Waals surface area contributed by atoms with Gasteiger partial charge >= 0.3 is 6.68 Å². The van der Waals surface area contributed by atoms with E-state index in [9.17, 15) is 17.6 Å². The summed E-state index contributed by atoms with van der Waals surface area (Å²) in [6.07, 6.45) is 0.515. The molecule has 1 aromatic rings. The number of nitrogens with zero attached hydrogens (tertiary/aromatic N) is 2. The van der Waals surface area contributed by atoms with E-state index in [1.165, 1.54) is 12.1 Å². The van der Waals surface area contributed by atoms with Crippen molar-refractivity contribution in [3.8, 4) is 0 Å². The smallest absolute Gasteiger partial charge is 0.379 e. The Balaban J connectivity index is 0.000000444. The summed E-state index contributed by atoms with van der Waals surface area (Å²) >= 11 is 0. The lowest BCUT2D eigenvalue weighted by atomic mass is 9.93. The van der Waals surface area contributed by atoms with E-state index in [4.69, 9.17) is 16.2 Å². The van der Waals surface area contributed by atoms with Crippen molar-refractivity contribution >= 4 is 11.8 Å². The maximum absolute atomic E-state index is 13.7. The standard InChI is InChI=1S/C10H13FN4O.CHF3/c1-10(4-5-16-9(13)15-10)8-6(11)2-3-7(12)14-8;2-1(3)4/h2-3H,4-5H2,1H3,(H2,12,14)(H2,13,15);1H/t10-;/m0./s1. The number of aromatic nitrogens is 1. The van der Waals surface area contributed by atoms with Gasteiger partial charge in [0.2, 0.25) is 0 Å². The van der Waals surface area contributed by atoms with Crippen molar-refractivity contribution in [1.82, 2.24) is 4.98 Å². The van der Waals surface area contributed by atoms with Gasteiger partial charge in [-0.3, -0.25) is 0 Å². The number of rotatable bonds is 1. The van der Waals surface area contributed by atoms with Gasteiger partial charge in [0.1, 0.15) is 22.9 Å². The van der Waals surface area contributed by atoms with Crippen LogP contribution in [0.1, 0.15) is 19.0 Å². The Kier molecular flexibility index (Phi) is 5.12. The molecule has 0 bridgehead atoms. The summed E-state index contributed by atoms with van der Waals surface area (Å²) in [6, 6.07) is 2.75. The Morgan fingerprint density at radius 1 is 1.30 bits per heavy atom. The number of hydrogen-bond donors (Lipinski definition) is 2. The number of nitrogen functional groups attached to an aromatic ring is 1. The lowest BCUT2D eigenvalue weighted by Crippen LogP contribution is -2.35. The summed E-state index contributed by atoms with van der Waals surface area (Å²) in [7, 11) is 0. The number of aliphatic imine (C=N–C) groups is 1. The number of pyridine rings is 1. The van der Waals surface area contributed by atoms with Crippen LogP contribution in [0.4, 0.5) is 23.4 Å². The SMILES string of the molecule is C[C@@]1(c2nc(N)ccc2F)CCOC(N)=N1.FC(F)F. The van der Waals surface area contributed by atoms with Crippen molar-refractivity contribution < 1.29 is 22.3 Å². The van der Waals surface area contributed by atoms with Crippen LogP contribution in [0, 0.1) is 5.82 Å². The van der Waals surface area contributed by atoms with Crippen molar-refractivity contribution in [3.05, 3.63) is 23.6 Å². The highest BCUT2D eigenvalue weighted by atomic mass is 19.4. The molecule has 9 heteroatoms. The van der Waals surface area contributed by atoms with Crippen LogP contribution in [0.15, 0.2) is 17.1 Å². The molecule has 0 aromatic carbocycles. The molecule has 0 fully saturated rings. The molecule has 0 spiro atoms. The summed E-state index contributed by atoms with van der Waals surface area (Å²) < 4.78 is 47.7. The van der Waals surface area contributed by atoms with Crippen molar-refractivity contribution in [2.45, 2.75) is 25.6 Å². The molecule has 0 saturated carbocycles. The molecular formula is C11H14F4N4O. The number of alkyl halides is 3. The molecule has 0 radical (unpaired) electrons. The number of hydrogen-bond acceptors (Lipinski definition) is 5. The van der Waals surface area contributed by atoms with Crippen molar-refractivity contribution in [2.24, 2.45) is 10.7 Å². The molecule has 1 atom stereocenters. The second kappa shape index (κ2) is 6.40. The fourth-order valence-corrected chi connectivity index (χ4v) is 1.69. The molecule has 2 heterocycles. The second-order valence-corrected chi connectivity index (χ2v) is 4.14. The first-order chi connectivity index (χ1) is 9.24. The van der Waals surface area contributed by atoms with Crippen LogP contribution in [0.3, 0.4) is 0 Å². The third kappa shape index (κ3) is 4.25. The quantitative estimate of drug-likeness (QED) is 0.775. The van der Waals surface area contributed by atoms with E-state index < -0.39 is 18.0 Å². The van der Waals surface area contributed by atoms with Crippen LogP contribution < -0.4 is 11.5 Å². The summed E-state index contributed by atoms with van der Waals surface area (Å²) in [5.41, 5.74) is 10.4. The van der Waals surface area contributed by atoms with Crippen LogP contribution >= 0.6 is 0 Å². The van der Waals surface area contributed by atoms with E-state index in [2.05, 4.69) is 9.98 Å². The topological polar surface area (TPSA) is 86.5 Å². The van der Waals surface area contributed by atoms with Gasteiger partial charge in [0.15, 0.2) is 0 Å². The molecule has 2 rings (SSSR count). The van der Waals surface area contributed by atoms with E-state index in [1.807, 2.05) is 0 Å². The van der Waals surface area contributed by atoms with Crippen LogP contribution in [-0.4, -0.2) is 24.3 Å². The third-order valence-electron chi connectivity index (χ3n) is 2.57. The average Bonchev–Trinajstić information content (AvgIpc) is 2.31. The molecule has 0 amide bonds. The lowest BCUT2D eigenvalue weighted by Gasteiger charge is -2.29. The molecule has 0 aliphatic carbocycles. The first-order valence-corrected chi connectivity index (χ1v) is 5.57. The Morgan fingerprint density at radius 3 is 2.45 bits per heavy atom. The summed E-state index contributed by atoms with van der Waals surface area (Å²) in [5.74, 6) is -0.173. The van der Waals surface area contributed by atoms with E-state index in [-0.39, 0.29) is 17.5 Å². The maximum atomic E-state index is 13.7. The van der Waals surface area contributed by atoms with E-state index in [0.717, 1.165) is 0 Å². The van der Waals surface area contributed by atoms with Crippen LogP contribution in [0.25, 0.3) is 0 Å². The Morgan fingerprint density at radius 2 is 1.90 bits per heavy atom. The minimum Gasteiger partial charge on any atom is -0.465 e. The largest absolute Gasteiger partial charge is 0.465 e. The van der Waals surface area contributed by atoms with Crippen molar-refractivity contribution in [2.75, 3.05) is 12.3 Å². The monoisotopic (exact) mass is 294 g/mol. The fraction of sp³-hybridized carbons (Fsp3) is 0.455. The molecule has 0 unspecified atom stereocenters. The van der Waals surface area contributed by atoms with E-state index in [0.29, 0.717) is 13.0 Å². The highest BCUT2D eigenvalue weighted by Crippen LogP contribution is 2.32. The summed E-state index contributed by atoms with van der Waals surface area (Å²) in [4.78, 5) is 8.09. The molecule has 5 nitrogen and oxygen atoms in total. The number of anilines is 1. The highest BCUT2D eigenvalue weighted by molar-refractivity contribution is 5.72. The molecular weight excluding hydrogens is 280 g/mol. The number of nitrogens with two attached hydrogens (primary N) is 2. The zero-order valence-corrected chi connectivity index (χ0v) is 10.6. The molecule has 112 valence electrons. The van der Waals surface area contributed by atoms with E-state index >= 15 is 0 Å². The minimum atomic E-state index is -3.67. The van der Waals surface area contributed by atoms with Gasteiger partial charge < -0.3 is 16.2 Å². The molecule has 20 heavy (non-hydrogen) atoms. The van der Waals surface area contributed by atoms with Crippen molar-refractivity contribution in [1.29, 1.82) is 0 Å². The molecule has 0 saturated heterocycles. The summed E-state index contributed by atoms with van der Waals surface area (Å²) in [5, 5.41) is 0. The Labute approximate surface area is 112 Å². The third-order valence-corrected chi connectivity index (χ3v) is 2.57. The second-order valence-electron chi connectivity index (χ2n) is 4.14. The molecule has 1 aliphatic rings. The van der Waals surface area contributed by atoms with E-state index in [1.54, 1.807) is 6.92 Å². The molecule has 1 aromatic heterocycles. The van der Waals surface area contributed by atoms with Crippen LogP contribution in [0.5, 0.6) is 0 Å². The average molecular weight is 294 g/mol. The van der Waals surface area contributed by atoms with Gasteiger partial charge in [-0.1, -0.05) is 0 Å². The Hall–Kier alpha value is -2.06. The summed E-state index contributed by atoms with van der Waals surface area (Å²) in [6.45, 7) is -1.52. The van der Waals surface area contributed by atoms with Gasteiger partial charge in [-0.15, -0.1) is 0 Å². The molecule has 1 aliphatic heterocycles. The Bertz CT molecular complexity index is 495. The predicted octanol–water partition coefficient (Wildman–Crippen LogP) is 1.93. The van der Waals surface area contributed by atoms with Gasteiger partial charge in [0.25, 0.3) is 6.02 Å². The lowest BCUT2D eigenvalue weighted by molar-refractivity contribution is 0.00819. The normalized spacial score (nSPS) is 21.6. The molecule has 4 N–H and O–H groups in total. The van der Waals surface area contributed by atoms with Gasteiger partial charge in [-0.25, -0.2) is 14.4 Å². The fourth-order valence-electron chi connectivity index (χ4n) is 1.69. The van der Waals surface area contributed by atoms with Crippen molar-refractivity contribution in [3.63, 3.8) is 0 Å². The van der Waals surface area contributed by atoms with Gasteiger partial charge in [0.05, 0.1) is 6.61 Å². The van der Waals surface area contributed by atoms with Crippen LogP contribution in [-0.2, 0) is 10.3 Å². The van der Waals surface area contributed by atoms with Gasteiger partial charge in [-0.2, -0.15) is 13.2 Å². The number of amidine groups is 1. The maximum Gasteiger partial charge on any atom is 0.379 e. The highest BCUT2D eigenvalue weighted by Gasteiger charge is 2.34. The van der Waals surface area contributed by atoms with Gasteiger partial charge in [-0.05, 0) is 19.1 Å². The van der Waals surface area contributed by atoms with Crippen LogP contribution in [0.2, 0.25) is 0 Å². The number of halogens is 4. The zero-order chi connectivity index (χ0) is 15.3. The predicted molar refractivity (Wildman–Crippen MR) is 65.3 cm³/mol. The first kappa shape index (κ1) is 16.0. The first-order valence-electron chi connectivity index (χ1n) is 5.57. The zero-order valence-electron chi connectivity index (χ0n) is 10.6. The number of ether oxygens (including phenoxy) is 1.